The van der Waals surface area contributed by atoms with E-state index in [9.17, 15) is 4.79 Å². The molecule has 1 saturated carbocycles. The molecule has 0 unspecified atom stereocenters. The molecule has 4 heteroatoms. The first-order valence-corrected chi connectivity index (χ1v) is 5.88. The molecular formula is C12H11Cl2NO. The molecule has 2 nitrogen and oxygen atoms in total. The highest BCUT2D eigenvalue weighted by molar-refractivity contribution is 6.42. The Morgan fingerprint density at radius 1 is 1.19 bits per heavy atom. The maximum absolute atomic E-state index is 11.0. The summed E-state index contributed by atoms with van der Waals surface area (Å²) in [5, 5.41) is 1.09. The van der Waals surface area contributed by atoms with Gasteiger partial charge in [-0.25, -0.2) is 0 Å². The second kappa shape index (κ2) is 4.98. The predicted molar refractivity (Wildman–Crippen MR) is 66.5 cm³/mol. The fourth-order valence-corrected chi connectivity index (χ4v) is 1.98. The lowest BCUT2D eigenvalue weighted by molar-refractivity contribution is -0.116. The Balaban J connectivity index is 2.04. The van der Waals surface area contributed by atoms with Gasteiger partial charge in [-0.15, -0.1) is 0 Å². The van der Waals surface area contributed by atoms with E-state index in [1.807, 2.05) is 12.1 Å². The first-order chi connectivity index (χ1) is 7.65. The van der Waals surface area contributed by atoms with Crippen LogP contribution in [-0.2, 0) is 11.3 Å². The van der Waals surface area contributed by atoms with Crippen molar-refractivity contribution in [3.05, 3.63) is 33.8 Å². The van der Waals surface area contributed by atoms with Crippen molar-refractivity contribution in [1.29, 1.82) is 0 Å². The summed E-state index contributed by atoms with van der Waals surface area (Å²) in [6.45, 7) is 0.569. The third kappa shape index (κ3) is 2.83. The van der Waals surface area contributed by atoms with Gasteiger partial charge in [-0.2, -0.15) is 0 Å². The van der Waals surface area contributed by atoms with Crippen LogP contribution in [0.15, 0.2) is 23.2 Å². The molecule has 0 aliphatic heterocycles. The van der Waals surface area contributed by atoms with E-state index >= 15 is 0 Å². The van der Waals surface area contributed by atoms with E-state index < -0.39 is 0 Å². The van der Waals surface area contributed by atoms with Crippen molar-refractivity contribution in [2.24, 2.45) is 4.99 Å². The third-order valence-electron chi connectivity index (χ3n) is 2.56. The van der Waals surface area contributed by atoms with Crippen LogP contribution in [0.3, 0.4) is 0 Å². The summed E-state index contributed by atoms with van der Waals surface area (Å²) < 4.78 is 0. The van der Waals surface area contributed by atoms with Gasteiger partial charge in [0.15, 0.2) is 0 Å². The molecular weight excluding hydrogens is 245 g/mol. The molecule has 0 N–H and O–H groups in total. The van der Waals surface area contributed by atoms with Crippen molar-refractivity contribution in [2.75, 3.05) is 0 Å². The molecule has 1 aliphatic rings. The van der Waals surface area contributed by atoms with E-state index in [1.54, 1.807) is 6.07 Å². The lowest BCUT2D eigenvalue weighted by atomic mass is 10.2. The van der Waals surface area contributed by atoms with Crippen molar-refractivity contribution in [3.63, 3.8) is 0 Å². The van der Waals surface area contributed by atoms with Gasteiger partial charge in [-0.3, -0.25) is 9.79 Å². The highest BCUT2D eigenvalue weighted by atomic mass is 35.5. The molecule has 0 amide bonds. The maximum atomic E-state index is 11.0. The summed E-state index contributed by atoms with van der Waals surface area (Å²) in [6, 6.07) is 5.47. The molecule has 0 radical (unpaired) electrons. The number of Topliss-reactive ketones (excluding diaryl/α,β-unsaturated/α-hetero) is 1. The quantitative estimate of drug-likeness (QED) is 0.793. The van der Waals surface area contributed by atoms with Gasteiger partial charge in [0, 0.05) is 18.6 Å². The van der Waals surface area contributed by atoms with Gasteiger partial charge in [-0.1, -0.05) is 29.3 Å². The number of benzene rings is 1. The monoisotopic (exact) mass is 255 g/mol. The Morgan fingerprint density at radius 2 is 2.00 bits per heavy atom. The Morgan fingerprint density at radius 3 is 2.62 bits per heavy atom. The zero-order chi connectivity index (χ0) is 11.5. The summed E-state index contributed by atoms with van der Waals surface area (Å²) in [5.41, 5.74) is 2.01. The first kappa shape index (κ1) is 11.6. The highest BCUT2D eigenvalue weighted by Gasteiger charge is 2.16. The van der Waals surface area contributed by atoms with Crippen LogP contribution in [0.5, 0.6) is 0 Å². The molecule has 1 fully saturated rings. The molecule has 2 rings (SSSR count). The molecule has 0 atom stereocenters. The van der Waals surface area contributed by atoms with E-state index in [-0.39, 0.29) is 5.78 Å². The van der Waals surface area contributed by atoms with Crippen molar-refractivity contribution in [1.82, 2.24) is 0 Å². The van der Waals surface area contributed by atoms with Crippen LogP contribution in [0.4, 0.5) is 0 Å². The number of hydrogen-bond acceptors (Lipinski definition) is 2. The van der Waals surface area contributed by atoms with E-state index in [0.29, 0.717) is 29.4 Å². The zero-order valence-electron chi connectivity index (χ0n) is 8.67. The number of nitrogens with zero attached hydrogens (tertiary/aromatic N) is 1. The molecule has 0 bridgehead atoms. The van der Waals surface area contributed by atoms with Gasteiger partial charge in [0.1, 0.15) is 5.78 Å². The molecule has 1 aromatic carbocycles. The van der Waals surface area contributed by atoms with Crippen molar-refractivity contribution in [3.8, 4) is 0 Å². The molecule has 0 spiro atoms. The molecule has 16 heavy (non-hydrogen) atoms. The number of carbonyl (C=O) groups excluding carboxylic acids is 1. The third-order valence-corrected chi connectivity index (χ3v) is 3.30. The normalized spacial score (nSPS) is 18.4. The molecule has 1 aliphatic carbocycles. The SMILES string of the molecule is O=C1CCC(=NCc2ccc(Cl)c(Cl)c2)C1. The van der Waals surface area contributed by atoms with Crippen LogP contribution in [0.2, 0.25) is 10.0 Å². The summed E-state index contributed by atoms with van der Waals surface area (Å²) in [5.74, 6) is 0.285. The zero-order valence-corrected chi connectivity index (χ0v) is 10.2. The van der Waals surface area contributed by atoms with Crippen molar-refractivity contribution >= 4 is 34.7 Å². The molecule has 0 heterocycles. The number of aliphatic imine (C=N–C) groups is 1. The first-order valence-electron chi connectivity index (χ1n) is 5.13. The fourth-order valence-electron chi connectivity index (χ4n) is 1.66. The molecule has 1 aromatic rings. The second-order valence-corrected chi connectivity index (χ2v) is 4.66. The minimum atomic E-state index is 0.285. The van der Waals surface area contributed by atoms with Crippen LogP contribution in [-0.4, -0.2) is 11.5 Å². The summed E-state index contributed by atoms with van der Waals surface area (Å²) in [6.07, 6.45) is 1.96. The van der Waals surface area contributed by atoms with Crippen molar-refractivity contribution < 1.29 is 4.79 Å². The van der Waals surface area contributed by atoms with Crippen LogP contribution in [0.1, 0.15) is 24.8 Å². The van der Waals surface area contributed by atoms with Gasteiger partial charge < -0.3 is 0 Å². The molecule has 0 aromatic heterocycles. The van der Waals surface area contributed by atoms with E-state index in [0.717, 1.165) is 17.7 Å². The second-order valence-electron chi connectivity index (χ2n) is 3.85. The number of carbonyl (C=O) groups is 1. The maximum Gasteiger partial charge on any atom is 0.138 e. The van der Waals surface area contributed by atoms with Crippen LogP contribution in [0, 0.1) is 0 Å². The van der Waals surface area contributed by atoms with Crippen LogP contribution < -0.4 is 0 Å². The predicted octanol–water partition coefficient (Wildman–Crippen LogP) is 3.69. The van der Waals surface area contributed by atoms with Gasteiger partial charge in [0.05, 0.1) is 16.6 Å². The largest absolute Gasteiger partial charge is 0.299 e. The number of hydrogen-bond donors (Lipinski definition) is 0. The van der Waals surface area contributed by atoms with Crippen molar-refractivity contribution in [2.45, 2.75) is 25.8 Å². The van der Waals surface area contributed by atoms with Gasteiger partial charge in [-0.05, 0) is 24.1 Å². The Kier molecular flexibility index (Phi) is 3.62. The van der Waals surface area contributed by atoms with Gasteiger partial charge in [0.25, 0.3) is 0 Å². The average Bonchev–Trinajstić information content (AvgIpc) is 2.66. The average molecular weight is 256 g/mol. The van der Waals surface area contributed by atoms with E-state index in [4.69, 9.17) is 23.2 Å². The minimum Gasteiger partial charge on any atom is -0.299 e. The van der Waals surface area contributed by atoms with E-state index in [1.165, 1.54) is 0 Å². The highest BCUT2D eigenvalue weighted by Crippen LogP contribution is 2.23. The van der Waals surface area contributed by atoms with Gasteiger partial charge >= 0.3 is 0 Å². The molecule has 84 valence electrons. The summed E-state index contributed by atoms with van der Waals surface area (Å²) >= 11 is 11.7. The Bertz CT molecular complexity index is 454. The lowest BCUT2D eigenvalue weighted by Crippen LogP contribution is -1.93. The minimum absolute atomic E-state index is 0.285. The smallest absolute Gasteiger partial charge is 0.138 e. The Hall–Kier alpha value is -0.860. The standard InChI is InChI=1S/C12H11Cl2NO/c13-11-4-1-8(5-12(11)14)7-15-9-2-3-10(16)6-9/h1,4-5H,2-3,6-7H2. The van der Waals surface area contributed by atoms with Crippen LogP contribution >= 0.6 is 23.2 Å². The fraction of sp³-hybridized carbons (Fsp3) is 0.333. The summed E-state index contributed by atoms with van der Waals surface area (Å²) in [7, 11) is 0. The van der Waals surface area contributed by atoms with E-state index in [2.05, 4.69) is 4.99 Å². The topological polar surface area (TPSA) is 29.4 Å². The molecule has 0 saturated heterocycles. The summed E-state index contributed by atoms with van der Waals surface area (Å²) in [4.78, 5) is 15.5. The number of rotatable bonds is 2. The lowest BCUT2D eigenvalue weighted by Gasteiger charge is -2.00. The van der Waals surface area contributed by atoms with Crippen LogP contribution in [0.25, 0.3) is 0 Å². The Labute approximate surface area is 104 Å². The van der Waals surface area contributed by atoms with Gasteiger partial charge in [0.2, 0.25) is 0 Å². The number of halogens is 2. The number of ketones is 1.